The van der Waals surface area contributed by atoms with Crippen LogP contribution in [0.25, 0.3) is 0 Å². The van der Waals surface area contributed by atoms with Crippen molar-refractivity contribution >= 4 is 11.7 Å². The van der Waals surface area contributed by atoms with E-state index < -0.39 is 0 Å². The van der Waals surface area contributed by atoms with E-state index in [1.807, 2.05) is 42.5 Å². The van der Waals surface area contributed by atoms with E-state index in [1.165, 1.54) is 0 Å². The second kappa shape index (κ2) is 9.37. The van der Waals surface area contributed by atoms with Crippen LogP contribution >= 0.6 is 0 Å². The molecule has 0 fully saturated rings. The molecule has 3 aromatic rings. The number of carbonyl (C=O) groups excluding carboxylic acids is 1. The van der Waals surface area contributed by atoms with E-state index in [4.69, 9.17) is 9.47 Å². The topological polar surface area (TPSA) is 51.7 Å². The molecule has 0 unspecified atom stereocenters. The molecule has 1 aromatic heterocycles. The minimum atomic E-state index is -0.134. The van der Waals surface area contributed by atoms with E-state index in [0.717, 1.165) is 11.3 Å². The van der Waals surface area contributed by atoms with Gasteiger partial charge >= 0.3 is 0 Å². The van der Waals surface area contributed by atoms with Gasteiger partial charge in [0.1, 0.15) is 23.9 Å². The zero-order chi connectivity index (χ0) is 19.8. The fraction of sp³-hybridized carbons (Fsp3) is 0.130. The number of ether oxygens (including phenoxy) is 2. The summed E-state index contributed by atoms with van der Waals surface area (Å²) >= 11 is 0. The monoisotopic (exact) mass is 374 g/mol. The summed E-state index contributed by atoms with van der Waals surface area (Å²) in [6, 6.07) is 20.2. The standard InChI is InChI=1S/C23H22N2O3/c1-3-16-28-21-13-9-19(10-14-21)23(26)25(22-6-4-5-15-24-22)17-18-7-11-20(27-2)12-8-18/h3-15H,1,16-17H2,2H3. The van der Waals surface area contributed by atoms with E-state index in [1.54, 1.807) is 48.5 Å². The van der Waals surface area contributed by atoms with E-state index in [-0.39, 0.29) is 5.91 Å². The molecule has 0 radical (unpaired) electrons. The molecule has 0 spiro atoms. The molecule has 0 saturated heterocycles. The van der Waals surface area contributed by atoms with Crippen LogP contribution in [0.2, 0.25) is 0 Å². The number of carbonyl (C=O) groups is 1. The number of hydrogen-bond donors (Lipinski definition) is 0. The number of rotatable bonds is 8. The summed E-state index contributed by atoms with van der Waals surface area (Å²) in [5.74, 6) is 1.92. The quantitative estimate of drug-likeness (QED) is 0.545. The molecule has 5 nitrogen and oxygen atoms in total. The molecule has 0 N–H and O–H groups in total. The molecule has 0 atom stereocenters. The maximum Gasteiger partial charge on any atom is 0.259 e. The first-order valence-corrected chi connectivity index (χ1v) is 8.91. The van der Waals surface area contributed by atoms with Gasteiger partial charge in [0.25, 0.3) is 5.91 Å². The Hall–Kier alpha value is -3.60. The Morgan fingerprint density at radius 2 is 1.75 bits per heavy atom. The molecule has 5 heteroatoms. The Kier molecular flexibility index (Phi) is 6.41. The highest BCUT2D eigenvalue weighted by molar-refractivity contribution is 6.05. The molecule has 142 valence electrons. The molecule has 1 heterocycles. The lowest BCUT2D eigenvalue weighted by Crippen LogP contribution is -2.31. The maximum atomic E-state index is 13.2. The Bertz CT molecular complexity index is 907. The van der Waals surface area contributed by atoms with E-state index in [0.29, 0.717) is 30.3 Å². The van der Waals surface area contributed by atoms with Crippen LogP contribution in [-0.4, -0.2) is 24.6 Å². The lowest BCUT2D eigenvalue weighted by molar-refractivity contribution is 0.0984. The van der Waals surface area contributed by atoms with Crippen LogP contribution in [0.5, 0.6) is 11.5 Å². The van der Waals surface area contributed by atoms with Gasteiger partial charge in [0.05, 0.1) is 13.7 Å². The predicted octanol–water partition coefficient (Wildman–Crippen LogP) is 4.50. The number of anilines is 1. The number of amides is 1. The summed E-state index contributed by atoms with van der Waals surface area (Å²) < 4.78 is 10.7. The zero-order valence-corrected chi connectivity index (χ0v) is 15.7. The van der Waals surface area contributed by atoms with Crippen LogP contribution in [-0.2, 0) is 6.54 Å². The first-order chi connectivity index (χ1) is 13.7. The van der Waals surface area contributed by atoms with Crippen LogP contribution in [0.1, 0.15) is 15.9 Å². The van der Waals surface area contributed by atoms with Gasteiger partial charge in [-0.2, -0.15) is 0 Å². The predicted molar refractivity (Wildman–Crippen MR) is 110 cm³/mol. The molecule has 0 aliphatic carbocycles. The van der Waals surface area contributed by atoms with Crippen molar-refractivity contribution in [2.75, 3.05) is 18.6 Å². The maximum absolute atomic E-state index is 13.2. The third kappa shape index (κ3) is 4.76. The third-order valence-electron chi connectivity index (χ3n) is 4.14. The fourth-order valence-corrected chi connectivity index (χ4v) is 2.69. The second-order valence-corrected chi connectivity index (χ2v) is 6.05. The first kappa shape index (κ1) is 19.2. The highest BCUT2D eigenvalue weighted by atomic mass is 16.5. The molecule has 3 rings (SSSR count). The van der Waals surface area contributed by atoms with Gasteiger partial charge in [0, 0.05) is 11.8 Å². The molecule has 0 saturated carbocycles. The van der Waals surface area contributed by atoms with E-state index >= 15 is 0 Å². The molecule has 28 heavy (non-hydrogen) atoms. The third-order valence-corrected chi connectivity index (χ3v) is 4.14. The summed E-state index contributed by atoms with van der Waals surface area (Å²) in [6.45, 7) is 4.45. The van der Waals surface area contributed by atoms with Crippen molar-refractivity contribution in [3.05, 3.63) is 96.7 Å². The number of pyridine rings is 1. The highest BCUT2D eigenvalue weighted by Gasteiger charge is 2.19. The van der Waals surface area contributed by atoms with Crippen molar-refractivity contribution in [2.45, 2.75) is 6.54 Å². The Balaban J connectivity index is 1.85. The average Bonchev–Trinajstić information content (AvgIpc) is 2.77. The number of nitrogens with zero attached hydrogens (tertiary/aromatic N) is 2. The lowest BCUT2D eigenvalue weighted by Gasteiger charge is -2.22. The van der Waals surface area contributed by atoms with Gasteiger partial charge in [-0.05, 0) is 54.1 Å². The number of benzene rings is 2. The molecule has 0 aliphatic rings. The lowest BCUT2D eigenvalue weighted by atomic mass is 10.1. The van der Waals surface area contributed by atoms with Gasteiger partial charge in [0.15, 0.2) is 0 Å². The van der Waals surface area contributed by atoms with Crippen LogP contribution in [0, 0.1) is 0 Å². The van der Waals surface area contributed by atoms with Crippen LogP contribution in [0.15, 0.2) is 85.6 Å². The van der Waals surface area contributed by atoms with Crippen molar-refractivity contribution in [3.63, 3.8) is 0 Å². The van der Waals surface area contributed by atoms with Gasteiger partial charge in [0.2, 0.25) is 0 Å². The molecule has 1 amide bonds. The van der Waals surface area contributed by atoms with Crippen molar-refractivity contribution in [1.29, 1.82) is 0 Å². The van der Waals surface area contributed by atoms with Crippen molar-refractivity contribution in [3.8, 4) is 11.5 Å². The number of methoxy groups -OCH3 is 1. The Morgan fingerprint density at radius 3 is 2.36 bits per heavy atom. The summed E-state index contributed by atoms with van der Waals surface area (Å²) in [7, 11) is 1.63. The van der Waals surface area contributed by atoms with Crippen molar-refractivity contribution in [2.24, 2.45) is 0 Å². The van der Waals surface area contributed by atoms with Gasteiger partial charge in [-0.1, -0.05) is 30.9 Å². The van der Waals surface area contributed by atoms with Crippen LogP contribution in [0.4, 0.5) is 5.82 Å². The normalized spacial score (nSPS) is 10.2. The van der Waals surface area contributed by atoms with Gasteiger partial charge in [-0.3, -0.25) is 9.69 Å². The minimum Gasteiger partial charge on any atom is -0.497 e. The Morgan fingerprint density at radius 1 is 1.04 bits per heavy atom. The second-order valence-electron chi connectivity index (χ2n) is 6.05. The molecule has 0 aliphatic heterocycles. The summed E-state index contributed by atoms with van der Waals surface area (Å²) in [5.41, 5.74) is 1.54. The molecule has 2 aromatic carbocycles. The zero-order valence-electron chi connectivity index (χ0n) is 15.7. The van der Waals surface area contributed by atoms with E-state index in [2.05, 4.69) is 11.6 Å². The highest BCUT2D eigenvalue weighted by Crippen LogP contribution is 2.21. The summed E-state index contributed by atoms with van der Waals surface area (Å²) in [4.78, 5) is 19.2. The summed E-state index contributed by atoms with van der Waals surface area (Å²) in [6.07, 6.45) is 3.35. The SMILES string of the molecule is C=CCOc1ccc(C(=O)N(Cc2ccc(OC)cc2)c2ccccn2)cc1. The minimum absolute atomic E-state index is 0.134. The van der Waals surface area contributed by atoms with Gasteiger partial charge < -0.3 is 9.47 Å². The van der Waals surface area contributed by atoms with Crippen molar-refractivity contribution < 1.29 is 14.3 Å². The smallest absolute Gasteiger partial charge is 0.259 e. The average molecular weight is 374 g/mol. The van der Waals surface area contributed by atoms with Gasteiger partial charge in [-0.15, -0.1) is 0 Å². The largest absolute Gasteiger partial charge is 0.497 e. The number of hydrogen-bond acceptors (Lipinski definition) is 4. The van der Waals surface area contributed by atoms with Crippen LogP contribution in [0.3, 0.4) is 0 Å². The van der Waals surface area contributed by atoms with Crippen molar-refractivity contribution in [1.82, 2.24) is 4.98 Å². The van der Waals surface area contributed by atoms with Gasteiger partial charge in [-0.25, -0.2) is 4.98 Å². The summed E-state index contributed by atoms with van der Waals surface area (Å²) in [5, 5.41) is 0. The molecule has 0 bridgehead atoms. The first-order valence-electron chi connectivity index (χ1n) is 8.91. The number of aromatic nitrogens is 1. The van der Waals surface area contributed by atoms with Crippen LogP contribution < -0.4 is 14.4 Å². The Labute approximate surface area is 164 Å². The fourth-order valence-electron chi connectivity index (χ4n) is 2.69. The molecular formula is C23H22N2O3. The van der Waals surface area contributed by atoms with E-state index in [9.17, 15) is 4.79 Å². The molecular weight excluding hydrogens is 352 g/mol.